The number of nitrogens with one attached hydrogen (secondary N) is 2. The topological polar surface area (TPSA) is 93.7 Å². The van der Waals surface area contributed by atoms with Gasteiger partial charge in [-0.15, -0.1) is 0 Å². The molecule has 0 spiro atoms. The Kier molecular flexibility index (Phi) is 14.7. The van der Waals surface area contributed by atoms with Crippen molar-refractivity contribution in [1.82, 2.24) is 10.6 Å². The summed E-state index contributed by atoms with van der Waals surface area (Å²) in [5.74, 6) is 0.449. The van der Waals surface area contributed by atoms with Gasteiger partial charge in [0.05, 0.1) is 26.4 Å². The second-order valence-corrected chi connectivity index (χ2v) is 6.67. The van der Waals surface area contributed by atoms with E-state index < -0.39 is 0 Å². The van der Waals surface area contributed by atoms with E-state index in [-0.39, 0.29) is 29.7 Å². The highest BCUT2D eigenvalue weighted by atomic mass is 16.5. The van der Waals surface area contributed by atoms with Crippen LogP contribution in [-0.2, 0) is 23.9 Å². The van der Waals surface area contributed by atoms with Crippen molar-refractivity contribution in [3.8, 4) is 0 Å². The van der Waals surface area contributed by atoms with Crippen LogP contribution in [0.5, 0.6) is 0 Å². The molecule has 0 radical (unpaired) electrons. The van der Waals surface area contributed by atoms with Gasteiger partial charge in [-0.3, -0.25) is 14.4 Å². The van der Waals surface area contributed by atoms with Crippen LogP contribution in [0.15, 0.2) is 0 Å². The van der Waals surface area contributed by atoms with Crippen LogP contribution in [-0.4, -0.2) is 56.6 Å². The normalized spacial score (nSPS) is 18.1. The van der Waals surface area contributed by atoms with Crippen LogP contribution in [0, 0.1) is 11.8 Å². The zero-order valence-electron chi connectivity index (χ0n) is 17.6. The minimum Gasteiger partial charge on any atom is -0.379 e. The van der Waals surface area contributed by atoms with E-state index >= 15 is 0 Å². The molecule has 1 aliphatic rings. The fourth-order valence-corrected chi connectivity index (χ4v) is 2.61. The number of ketones is 1. The number of hydrogen-bond acceptors (Lipinski definition) is 5. The van der Waals surface area contributed by atoms with Gasteiger partial charge < -0.3 is 20.1 Å². The Bertz CT molecular complexity index is 434. The number of ether oxygens (including phenoxy) is 2. The summed E-state index contributed by atoms with van der Waals surface area (Å²) in [6.45, 7) is 11.8. The molecule has 2 N–H and O–H groups in total. The van der Waals surface area contributed by atoms with Crippen molar-refractivity contribution < 1.29 is 23.9 Å². The van der Waals surface area contributed by atoms with E-state index in [4.69, 9.17) is 9.47 Å². The van der Waals surface area contributed by atoms with E-state index in [0.717, 1.165) is 12.8 Å². The highest BCUT2D eigenvalue weighted by molar-refractivity contribution is 5.84. The third kappa shape index (κ3) is 11.8. The Balaban J connectivity index is 0.00000326. The van der Waals surface area contributed by atoms with E-state index in [1.807, 2.05) is 27.7 Å². The van der Waals surface area contributed by atoms with Gasteiger partial charge in [-0.05, 0) is 12.8 Å². The first-order valence-corrected chi connectivity index (χ1v) is 10.2. The molecule has 0 aliphatic heterocycles. The Morgan fingerprint density at radius 1 is 0.963 bits per heavy atom. The molecule has 0 aromatic rings. The van der Waals surface area contributed by atoms with Crippen molar-refractivity contribution in [2.24, 2.45) is 11.8 Å². The first kappa shape index (κ1) is 25.5. The number of Topliss-reactive ketones (excluding diaryl/α,β-unsaturated/α-hetero) is 1. The molecule has 0 saturated heterocycles. The summed E-state index contributed by atoms with van der Waals surface area (Å²) in [4.78, 5) is 34.5. The number of carbonyl (C=O) groups is 3. The van der Waals surface area contributed by atoms with Gasteiger partial charge >= 0.3 is 0 Å². The van der Waals surface area contributed by atoms with Gasteiger partial charge in [-0.2, -0.15) is 0 Å². The molecular weight excluding hydrogens is 348 g/mol. The molecule has 0 heterocycles. The molecule has 0 atom stereocenters. The lowest BCUT2D eigenvalue weighted by Gasteiger charge is -2.35. The highest BCUT2D eigenvalue weighted by Crippen LogP contribution is 2.30. The van der Waals surface area contributed by atoms with Gasteiger partial charge in [0.1, 0.15) is 5.78 Å². The molecule has 158 valence electrons. The van der Waals surface area contributed by atoms with Crippen molar-refractivity contribution in [2.75, 3.05) is 33.0 Å². The molecule has 27 heavy (non-hydrogen) atoms. The fraction of sp³-hybridized carbons (Fsp3) is 0.850. The van der Waals surface area contributed by atoms with Gasteiger partial charge in [0.25, 0.3) is 0 Å². The van der Waals surface area contributed by atoms with Crippen LogP contribution in [0.2, 0.25) is 0 Å². The molecule has 1 aliphatic carbocycles. The summed E-state index contributed by atoms with van der Waals surface area (Å²) in [6, 6.07) is 0.127. The van der Waals surface area contributed by atoms with Crippen molar-refractivity contribution in [3.63, 3.8) is 0 Å². The van der Waals surface area contributed by atoms with Crippen molar-refractivity contribution >= 4 is 17.6 Å². The first-order valence-electron chi connectivity index (χ1n) is 10.2. The monoisotopic (exact) mass is 386 g/mol. The molecule has 0 bridgehead atoms. The summed E-state index contributed by atoms with van der Waals surface area (Å²) >= 11 is 0. The largest absolute Gasteiger partial charge is 0.379 e. The fourth-order valence-electron chi connectivity index (χ4n) is 2.61. The summed E-state index contributed by atoms with van der Waals surface area (Å²) < 4.78 is 10.7. The molecular formula is C20H38N2O5. The Labute approximate surface area is 163 Å². The summed E-state index contributed by atoms with van der Waals surface area (Å²) in [5.41, 5.74) is 0. The zero-order valence-corrected chi connectivity index (χ0v) is 17.6. The third-order valence-electron chi connectivity index (χ3n) is 4.21. The summed E-state index contributed by atoms with van der Waals surface area (Å²) in [7, 11) is 0. The van der Waals surface area contributed by atoms with Gasteiger partial charge in [0, 0.05) is 37.3 Å². The maximum absolute atomic E-state index is 11.8. The predicted octanol–water partition coefficient (Wildman–Crippen LogP) is 2.08. The van der Waals surface area contributed by atoms with Crippen molar-refractivity contribution in [2.45, 2.75) is 66.3 Å². The van der Waals surface area contributed by atoms with Crippen LogP contribution >= 0.6 is 0 Å². The number of hydrogen-bond donors (Lipinski definition) is 2. The molecule has 7 heteroatoms. The number of carbonyl (C=O) groups excluding carboxylic acids is 3. The Hall–Kier alpha value is -1.47. The quantitative estimate of drug-likeness (QED) is 0.473. The van der Waals surface area contributed by atoms with E-state index in [9.17, 15) is 14.4 Å². The van der Waals surface area contributed by atoms with Crippen LogP contribution in [0.25, 0.3) is 0 Å². The first-order chi connectivity index (χ1) is 12.9. The van der Waals surface area contributed by atoms with E-state index in [2.05, 4.69) is 10.6 Å². The maximum atomic E-state index is 11.8. The average molecular weight is 387 g/mol. The molecule has 0 aromatic carbocycles. The standard InChI is InChI=1S/C18H32N2O5.C2H6/c1-4-16(21)19-6-8-25-10-9-24-7-5-17(22)20-15-11-14(12-15)18(23)13(2)3;1-2/h13-15H,4-12H2,1-3H3,(H,19,21)(H,20,22);1-2H3. The Morgan fingerprint density at radius 2 is 1.56 bits per heavy atom. The van der Waals surface area contributed by atoms with E-state index in [1.165, 1.54) is 0 Å². The molecule has 0 aromatic heterocycles. The molecule has 0 unspecified atom stereocenters. The minimum absolute atomic E-state index is 0.0113. The van der Waals surface area contributed by atoms with Crippen molar-refractivity contribution in [1.29, 1.82) is 0 Å². The lowest BCUT2D eigenvalue weighted by molar-refractivity contribution is -0.131. The third-order valence-corrected chi connectivity index (χ3v) is 4.21. The maximum Gasteiger partial charge on any atom is 0.222 e. The van der Waals surface area contributed by atoms with E-state index in [1.54, 1.807) is 6.92 Å². The van der Waals surface area contributed by atoms with Gasteiger partial charge in [0.2, 0.25) is 11.8 Å². The molecule has 7 nitrogen and oxygen atoms in total. The highest BCUT2D eigenvalue weighted by Gasteiger charge is 2.35. The molecule has 2 amide bonds. The zero-order chi connectivity index (χ0) is 20.7. The summed E-state index contributed by atoms with van der Waals surface area (Å²) in [5, 5.41) is 5.65. The van der Waals surface area contributed by atoms with Crippen LogP contribution in [0.1, 0.15) is 60.3 Å². The molecule has 1 saturated carbocycles. The van der Waals surface area contributed by atoms with Crippen LogP contribution in [0.3, 0.4) is 0 Å². The molecule has 1 fully saturated rings. The second-order valence-electron chi connectivity index (χ2n) is 6.67. The SMILES string of the molecule is CC.CCC(=O)NCCOCCOCCC(=O)NC1CC(C(=O)C(C)C)C1. The summed E-state index contributed by atoms with van der Waals surface area (Å²) in [6.07, 6.45) is 2.30. The van der Waals surface area contributed by atoms with Gasteiger partial charge in [0.15, 0.2) is 0 Å². The minimum atomic E-state index is -0.0383. The van der Waals surface area contributed by atoms with Gasteiger partial charge in [-0.25, -0.2) is 0 Å². The lowest BCUT2D eigenvalue weighted by Crippen LogP contribution is -2.47. The van der Waals surface area contributed by atoms with Crippen molar-refractivity contribution in [3.05, 3.63) is 0 Å². The molecule has 1 rings (SSSR count). The lowest BCUT2D eigenvalue weighted by atomic mass is 9.75. The number of rotatable bonds is 13. The smallest absolute Gasteiger partial charge is 0.222 e. The van der Waals surface area contributed by atoms with E-state index in [0.29, 0.717) is 51.6 Å². The predicted molar refractivity (Wildman–Crippen MR) is 105 cm³/mol. The van der Waals surface area contributed by atoms with Gasteiger partial charge in [-0.1, -0.05) is 34.6 Å². The Morgan fingerprint density at radius 3 is 2.11 bits per heavy atom. The average Bonchev–Trinajstić information content (AvgIpc) is 2.63. The van der Waals surface area contributed by atoms with Crippen LogP contribution < -0.4 is 10.6 Å². The number of amides is 2. The van der Waals surface area contributed by atoms with Crippen LogP contribution in [0.4, 0.5) is 0 Å². The second kappa shape index (κ2) is 15.6.